The lowest BCUT2D eigenvalue weighted by atomic mass is 10.0. The van der Waals surface area contributed by atoms with Crippen LogP contribution >= 0.6 is 11.6 Å². The fourth-order valence-corrected chi connectivity index (χ4v) is 5.41. The number of para-hydroxylation sites is 1. The van der Waals surface area contributed by atoms with Gasteiger partial charge in [0.1, 0.15) is 35.3 Å². The molecule has 0 bridgehead atoms. The van der Waals surface area contributed by atoms with E-state index in [0.29, 0.717) is 56.7 Å². The summed E-state index contributed by atoms with van der Waals surface area (Å²) in [5.74, 6) is 0.837. The van der Waals surface area contributed by atoms with E-state index in [1.165, 1.54) is 13.2 Å². The molecule has 0 radical (unpaired) electrons. The maximum Gasteiger partial charge on any atom is 0.387 e. The topological polar surface area (TPSA) is 110 Å². The van der Waals surface area contributed by atoms with Gasteiger partial charge in [0.15, 0.2) is 11.8 Å². The van der Waals surface area contributed by atoms with E-state index in [0.717, 1.165) is 12.8 Å². The van der Waals surface area contributed by atoms with Crippen LogP contribution < -0.4 is 9.47 Å². The lowest BCUT2D eigenvalue weighted by Crippen LogP contribution is -2.13. The molecule has 1 aliphatic carbocycles. The monoisotopic (exact) mass is 626 g/mol. The number of carbonyl (C=O) groups excluding carboxylic acids is 1. The molecule has 10 nitrogen and oxygen atoms in total. The molecule has 0 N–H and O–H groups in total. The SMILES string of the molecule is COC(=O)c1cc(C2=NOC(c3ccc(OCc4c(-c5ccccc5OC(F)F)noc4C4CC4)cc3Cl)C2)n(C(C)C)n1. The Morgan fingerprint density at radius 3 is 2.66 bits per heavy atom. The van der Waals surface area contributed by atoms with Crippen LogP contribution in [0.4, 0.5) is 8.78 Å². The van der Waals surface area contributed by atoms with E-state index in [1.807, 2.05) is 19.9 Å². The number of hydrogen-bond acceptors (Lipinski definition) is 9. The molecule has 0 amide bonds. The molecule has 230 valence electrons. The minimum atomic E-state index is -2.98. The summed E-state index contributed by atoms with van der Waals surface area (Å²) in [4.78, 5) is 17.8. The van der Waals surface area contributed by atoms with Crippen LogP contribution in [0.1, 0.15) is 84.2 Å². The fraction of sp³-hybridized carbons (Fsp3) is 0.355. The molecule has 3 heterocycles. The van der Waals surface area contributed by atoms with Crippen molar-refractivity contribution in [2.45, 2.75) is 64.4 Å². The second-order valence-corrected chi connectivity index (χ2v) is 11.2. The number of aromatic nitrogens is 3. The van der Waals surface area contributed by atoms with Gasteiger partial charge >= 0.3 is 12.6 Å². The van der Waals surface area contributed by atoms with Crippen LogP contribution in [0.2, 0.25) is 5.02 Å². The van der Waals surface area contributed by atoms with Crippen molar-refractivity contribution in [3.8, 4) is 22.8 Å². The van der Waals surface area contributed by atoms with E-state index >= 15 is 0 Å². The van der Waals surface area contributed by atoms with Crippen molar-refractivity contribution in [1.29, 1.82) is 0 Å². The second-order valence-electron chi connectivity index (χ2n) is 10.8. The van der Waals surface area contributed by atoms with E-state index in [2.05, 4.69) is 15.4 Å². The second kappa shape index (κ2) is 12.3. The number of esters is 1. The summed E-state index contributed by atoms with van der Waals surface area (Å²) < 4.78 is 49.2. The zero-order valence-electron chi connectivity index (χ0n) is 24.1. The van der Waals surface area contributed by atoms with Gasteiger partial charge in [0, 0.05) is 35.6 Å². The molecule has 2 aliphatic rings. The highest BCUT2D eigenvalue weighted by atomic mass is 35.5. The Balaban J connectivity index is 1.19. The molecule has 13 heteroatoms. The van der Waals surface area contributed by atoms with Crippen LogP contribution in [-0.4, -0.2) is 40.3 Å². The van der Waals surface area contributed by atoms with Crippen molar-refractivity contribution in [1.82, 2.24) is 14.9 Å². The van der Waals surface area contributed by atoms with Crippen molar-refractivity contribution in [2.24, 2.45) is 5.16 Å². The highest BCUT2D eigenvalue weighted by molar-refractivity contribution is 6.31. The fourth-order valence-electron chi connectivity index (χ4n) is 5.12. The minimum Gasteiger partial charge on any atom is -0.489 e. The first-order valence-corrected chi connectivity index (χ1v) is 14.5. The first-order valence-electron chi connectivity index (χ1n) is 14.1. The quantitative estimate of drug-likeness (QED) is 0.158. The van der Waals surface area contributed by atoms with E-state index in [-0.39, 0.29) is 30.0 Å². The van der Waals surface area contributed by atoms with Crippen LogP contribution in [0.5, 0.6) is 11.5 Å². The van der Waals surface area contributed by atoms with Gasteiger partial charge in [0.25, 0.3) is 0 Å². The smallest absolute Gasteiger partial charge is 0.387 e. The minimum absolute atomic E-state index is 0.00270. The molecule has 1 fully saturated rings. The summed E-state index contributed by atoms with van der Waals surface area (Å²) in [7, 11) is 1.31. The van der Waals surface area contributed by atoms with Gasteiger partial charge in [-0.15, -0.1) is 0 Å². The van der Waals surface area contributed by atoms with Gasteiger partial charge in [-0.1, -0.05) is 40.1 Å². The Hall–Kier alpha value is -4.45. The molecule has 2 aromatic heterocycles. The largest absolute Gasteiger partial charge is 0.489 e. The number of nitrogens with zero attached hydrogens (tertiary/aromatic N) is 4. The van der Waals surface area contributed by atoms with Gasteiger partial charge in [-0.3, -0.25) is 4.68 Å². The summed E-state index contributed by atoms with van der Waals surface area (Å²) in [5.41, 5.74) is 3.65. The zero-order valence-corrected chi connectivity index (χ0v) is 24.9. The molecule has 1 unspecified atom stereocenters. The summed E-state index contributed by atoms with van der Waals surface area (Å²) in [6, 6.07) is 13.3. The summed E-state index contributed by atoms with van der Waals surface area (Å²) in [5, 5.41) is 13.3. The lowest BCUT2D eigenvalue weighted by molar-refractivity contribution is -0.0494. The molecule has 1 aliphatic heterocycles. The zero-order chi connectivity index (χ0) is 31.0. The molecule has 6 rings (SSSR count). The van der Waals surface area contributed by atoms with Crippen LogP contribution in [0, 0.1) is 0 Å². The molecule has 0 saturated heterocycles. The molecular weight excluding hydrogens is 598 g/mol. The number of ether oxygens (including phenoxy) is 3. The highest BCUT2D eigenvalue weighted by Gasteiger charge is 2.34. The predicted octanol–water partition coefficient (Wildman–Crippen LogP) is 7.48. The Morgan fingerprint density at radius 2 is 1.95 bits per heavy atom. The van der Waals surface area contributed by atoms with Crippen LogP contribution in [-0.2, 0) is 16.2 Å². The number of alkyl halides is 2. The molecule has 2 aromatic carbocycles. The average Bonchev–Trinajstić information content (AvgIpc) is 3.38. The standard InChI is InChI=1S/C31H29ClF2N4O6/c1-16(2)38-25(13-24(35-38)30(39)40-3)23-14-27(43-36-23)19-11-10-18(12-22(19)32)41-15-21-28(37-44-29(21)17-8-9-17)20-6-4-5-7-26(20)42-31(33)34/h4-7,10-13,16-17,27,31H,8-9,14-15H2,1-3H3. The third kappa shape index (κ3) is 5.99. The van der Waals surface area contributed by atoms with Gasteiger partial charge in [0.2, 0.25) is 0 Å². The number of rotatable bonds is 11. The number of oxime groups is 1. The maximum absolute atomic E-state index is 13.1. The van der Waals surface area contributed by atoms with E-state index in [1.54, 1.807) is 41.1 Å². The van der Waals surface area contributed by atoms with Crippen LogP contribution in [0.25, 0.3) is 11.3 Å². The van der Waals surface area contributed by atoms with Crippen LogP contribution in [0.15, 0.2) is 58.2 Å². The number of carbonyl (C=O) groups is 1. The van der Waals surface area contributed by atoms with Crippen molar-refractivity contribution in [3.05, 3.63) is 81.8 Å². The van der Waals surface area contributed by atoms with Gasteiger partial charge in [-0.2, -0.15) is 13.9 Å². The Labute approximate surface area is 256 Å². The van der Waals surface area contributed by atoms with Crippen molar-refractivity contribution < 1.29 is 37.1 Å². The number of hydrogen-bond donors (Lipinski definition) is 0. The Kier molecular flexibility index (Phi) is 8.26. The average molecular weight is 627 g/mol. The summed E-state index contributed by atoms with van der Waals surface area (Å²) in [6.45, 7) is 1.00. The third-order valence-corrected chi connectivity index (χ3v) is 7.74. The first-order chi connectivity index (χ1) is 21.2. The maximum atomic E-state index is 13.1. The molecule has 1 saturated carbocycles. The molecule has 0 spiro atoms. The van der Waals surface area contributed by atoms with Gasteiger partial charge in [-0.25, -0.2) is 4.79 Å². The number of benzene rings is 2. The highest BCUT2D eigenvalue weighted by Crippen LogP contribution is 2.45. The Bertz CT molecular complexity index is 1710. The molecule has 4 aromatic rings. The summed E-state index contributed by atoms with van der Waals surface area (Å²) >= 11 is 6.69. The normalized spacial score (nSPS) is 16.3. The van der Waals surface area contributed by atoms with E-state index in [9.17, 15) is 13.6 Å². The predicted molar refractivity (Wildman–Crippen MR) is 155 cm³/mol. The molecule has 44 heavy (non-hydrogen) atoms. The van der Waals surface area contributed by atoms with Gasteiger partial charge in [0.05, 0.1) is 23.4 Å². The first kappa shape index (κ1) is 29.6. The molecular formula is C31H29ClF2N4O6. The number of methoxy groups -OCH3 is 1. The van der Waals surface area contributed by atoms with Gasteiger partial charge in [-0.05, 0) is 51.0 Å². The number of halogens is 3. The van der Waals surface area contributed by atoms with Crippen molar-refractivity contribution in [2.75, 3.05) is 7.11 Å². The van der Waals surface area contributed by atoms with Crippen molar-refractivity contribution >= 4 is 23.3 Å². The van der Waals surface area contributed by atoms with Crippen LogP contribution in [0.3, 0.4) is 0 Å². The third-order valence-electron chi connectivity index (χ3n) is 7.41. The van der Waals surface area contributed by atoms with E-state index < -0.39 is 18.7 Å². The van der Waals surface area contributed by atoms with Gasteiger partial charge < -0.3 is 23.6 Å². The lowest BCUT2D eigenvalue weighted by Gasteiger charge is -2.14. The van der Waals surface area contributed by atoms with Crippen molar-refractivity contribution in [3.63, 3.8) is 0 Å². The Morgan fingerprint density at radius 1 is 1.16 bits per heavy atom. The summed E-state index contributed by atoms with van der Waals surface area (Å²) in [6.07, 6.45) is 1.85. The molecule has 1 atom stereocenters. The van der Waals surface area contributed by atoms with E-state index in [4.69, 9.17) is 35.2 Å².